The molecule has 66 heavy (non-hydrogen) atoms. The fraction of sp³-hybridized carbons (Fsp3) is 0.375. The first-order valence-corrected chi connectivity index (χ1v) is 24.5. The minimum atomic E-state index is -4.43. The van der Waals surface area contributed by atoms with Gasteiger partial charge in [-0.1, -0.05) is 18.2 Å². The molecule has 18 heteroatoms. The van der Waals surface area contributed by atoms with Crippen LogP contribution in [0.3, 0.4) is 0 Å². The van der Waals surface area contributed by atoms with Gasteiger partial charge in [0, 0.05) is 105 Å². The second kappa shape index (κ2) is 19.3. The Hall–Kier alpha value is -6.23. The molecule has 0 bridgehead atoms. The number of piperazine rings is 1. The molecule has 2 amide bonds. The van der Waals surface area contributed by atoms with Crippen LogP contribution >= 0.6 is 11.3 Å². The lowest BCUT2D eigenvalue weighted by atomic mass is 9.85. The number of thiophene rings is 1. The van der Waals surface area contributed by atoms with Crippen LogP contribution in [0.5, 0.6) is 5.75 Å². The molecule has 0 spiro atoms. The van der Waals surface area contributed by atoms with E-state index in [1.54, 1.807) is 36.5 Å². The van der Waals surface area contributed by atoms with E-state index < -0.39 is 27.5 Å². The standard InChI is InChI=1S/C48H51N8O8S2/c1-48(26-35-5-3-4-6-36(35)29-55(48)47(58)37-14-22-65-30-37)31-53-16-18-54(19-17-53)38-7-9-41(44(24-38)64-39-23-34-11-15-49-45(34)51-28-39)46(57)52-66(60,61)40-8-10-42(43(25-40)56(59)32-62-2)50-27-33-12-20-63-21-13-33/h3-11,14-15,22-24,29-30,33,43,50H,12-13,16-21,25-27,31-32H2,1-2H3/q+1/p+2. The SMILES string of the molecule is COC[N+](=O)C1CC(S(=O)(=O)NC(=O)c2ccc(N3CCN(CC4(C)Cc5ccccc5C=[N+]4C(=O)c4ccsc4)CC3)cc2OC2=C=[N+]=c3[nH]ccc3=C2)=CC=C1NCC1CCOCC1. The Kier molecular flexibility index (Phi) is 13.2. The van der Waals surface area contributed by atoms with Gasteiger partial charge in [0.1, 0.15) is 11.3 Å². The van der Waals surface area contributed by atoms with Gasteiger partial charge < -0.3 is 24.4 Å². The predicted molar refractivity (Wildman–Crippen MR) is 251 cm³/mol. The smallest absolute Gasteiger partial charge is 0.420 e. The molecule has 2 aromatic heterocycles. The largest absolute Gasteiger partial charge is 0.443 e. The third-order valence-corrected chi connectivity index (χ3v) is 15.0. The van der Waals surface area contributed by atoms with Gasteiger partial charge in [-0.05, 0) is 72.2 Å². The van der Waals surface area contributed by atoms with E-state index in [-0.39, 0.29) is 41.0 Å². The molecule has 342 valence electrons. The van der Waals surface area contributed by atoms with Crippen molar-refractivity contribution in [3.05, 3.63) is 138 Å². The Morgan fingerprint density at radius 3 is 2.70 bits per heavy atom. The molecule has 1 aliphatic carbocycles. The Morgan fingerprint density at radius 1 is 1.09 bits per heavy atom. The van der Waals surface area contributed by atoms with Gasteiger partial charge in [0.2, 0.25) is 17.7 Å². The third-order valence-electron chi connectivity index (χ3n) is 12.8. The van der Waals surface area contributed by atoms with Crippen LogP contribution in [0.15, 0.2) is 100 Å². The number of methoxy groups -OCH3 is 1. The minimum Gasteiger partial charge on any atom is -0.443 e. The van der Waals surface area contributed by atoms with E-state index in [2.05, 4.69) is 54.4 Å². The number of anilines is 1. The summed E-state index contributed by atoms with van der Waals surface area (Å²) in [5, 5.41) is 7.95. The summed E-state index contributed by atoms with van der Waals surface area (Å²) >= 11 is 1.51. The summed E-state index contributed by atoms with van der Waals surface area (Å²) in [6, 6.07) is 16.1. The first-order chi connectivity index (χ1) is 32.0. The number of sulfonamides is 1. The van der Waals surface area contributed by atoms with Gasteiger partial charge in [0.05, 0.1) is 40.5 Å². The number of aromatic amines is 1. The number of ether oxygens (including phenoxy) is 3. The monoisotopic (exact) mass is 933 g/mol. The Balaban J connectivity index is 0.931. The molecule has 5 aliphatic rings. The summed E-state index contributed by atoms with van der Waals surface area (Å²) in [6.45, 7) is 7.21. The first-order valence-electron chi connectivity index (χ1n) is 22.1. The number of amides is 2. The highest BCUT2D eigenvalue weighted by molar-refractivity contribution is 7.93. The summed E-state index contributed by atoms with van der Waals surface area (Å²) in [5.41, 5.74) is 4.37. The average Bonchev–Trinajstić information content (AvgIpc) is 4.04. The van der Waals surface area contributed by atoms with Crippen molar-refractivity contribution in [3.63, 3.8) is 0 Å². The molecular formula is C48H53N8O8S2+3. The lowest BCUT2D eigenvalue weighted by Gasteiger charge is -2.40. The number of hydrogen-bond acceptors (Lipinski definition) is 12. The number of fused-ring (bicyclic) bond motifs is 2. The van der Waals surface area contributed by atoms with Gasteiger partial charge in [-0.3, -0.25) is 9.69 Å². The molecule has 16 nitrogen and oxygen atoms in total. The molecule has 6 heterocycles. The van der Waals surface area contributed by atoms with Crippen LogP contribution in [-0.4, -0.2) is 129 Å². The summed E-state index contributed by atoms with van der Waals surface area (Å²) < 4.78 is 54.0. The average molecular weight is 934 g/mol. The van der Waals surface area contributed by atoms with Crippen LogP contribution in [0.4, 0.5) is 5.69 Å². The van der Waals surface area contributed by atoms with E-state index in [1.807, 2.05) is 45.8 Å². The molecule has 2 fully saturated rings. The van der Waals surface area contributed by atoms with Crippen molar-refractivity contribution in [3.8, 4) is 5.75 Å². The quantitative estimate of drug-likeness (QED) is 0.0907. The number of rotatable bonds is 15. The molecule has 2 saturated heterocycles. The Labute approximate surface area is 386 Å². The van der Waals surface area contributed by atoms with Crippen LogP contribution in [0.1, 0.15) is 58.0 Å². The van der Waals surface area contributed by atoms with Crippen LogP contribution < -0.4 is 35.1 Å². The van der Waals surface area contributed by atoms with Crippen molar-refractivity contribution >= 4 is 57.0 Å². The highest BCUT2D eigenvalue weighted by Crippen LogP contribution is 2.32. The number of nitrogens with one attached hydrogen (secondary N) is 3. The summed E-state index contributed by atoms with van der Waals surface area (Å²) in [7, 11) is -3.03. The van der Waals surface area contributed by atoms with Crippen LogP contribution in [-0.2, 0) is 25.9 Å². The highest BCUT2D eigenvalue weighted by atomic mass is 32.2. The van der Waals surface area contributed by atoms with Gasteiger partial charge in [-0.2, -0.15) is 15.9 Å². The maximum Gasteiger partial charge on any atom is 0.420 e. The van der Waals surface area contributed by atoms with E-state index in [1.165, 1.54) is 30.1 Å². The van der Waals surface area contributed by atoms with Crippen molar-refractivity contribution < 1.29 is 41.6 Å². The number of benzene rings is 2. The number of carbonyl (C=O) groups is 2. The number of hydrogen-bond donors (Lipinski definition) is 3. The molecule has 0 saturated carbocycles. The lowest BCUT2D eigenvalue weighted by Crippen LogP contribution is -2.58. The number of allylic oxidation sites excluding steroid dienone is 3. The van der Waals surface area contributed by atoms with Crippen LogP contribution in [0.25, 0.3) is 6.08 Å². The Bertz CT molecular complexity index is 2950. The number of carbonyl (C=O) groups excluding carboxylic acids is 2. The number of nitroso groups, excluding NO2 is 1. The second-order valence-corrected chi connectivity index (χ2v) is 19.9. The molecule has 3 N–H and O–H groups in total. The predicted octanol–water partition coefficient (Wildman–Crippen LogP) is 2.60. The molecule has 2 aromatic carbocycles. The van der Waals surface area contributed by atoms with Gasteiger partial charge in [0.15, 0.2) is 11.8 Å². The summed E-state index contributed by atoms with van der Waals surface area (Å²) in [5.74, 6) is 2.65. The molecule has 2 unspecified atom stereocenters. The van der Waals surface area contributed by atoms with E-state index in [4.69, 9.17) is 14.2 Å². The van der Waals surface area contributed by atoms with E-state index >= 15 is 0 Å². The van der Waals surface area contributed by atoms with Crippen molar-refractivity contribution in [2.45, 2.75) is 44.2 Å². The second-order valence-electron chi connectivity index (χ2n) is 17.4. The fourth-order valence-electron chi connectivity index (χ4n) is 9.21. The van der Waals surface area contributed by atoms with Crippen molar-refractivity contribution in [2.24, 2.45) is 5.92 Å². The lowest BCUT2D eigenvalue weighted by molar-refractivity contribution is -0.611. The molecule has 2 atom stereocenters. The van der Waals surface area contributed by atoms with Crippen molar-refractivity contribution in [2.75, 3.05) is 71.2 Å². The molecule has 0 radical (unpaired) electrons. The molecule has 4 aromatic rings. The van der Waals surface area contributed by atoms with E-state index in [0.29, 0.717) is 86.3 Å². The van der Waals surface area contributed by atoms with Crippen molar-refractivity contribution in [1.82, 2.24) is 24.6 Å². The van der Waals surface area contributed by atoms with Gasteiger partial charge in [-0.15, -0.1) is 4.67 Å². The topological polar surface area (TPSA) is 179 Å². The Morgan fingerprint density at radius 2 is 1.91 bits per heavy atom. The first kappa shape index (κ1) is 44.9. The zero-order valence-corrected chi connectivity index (χ0v) is 38.5. The number of nitrogens with zero attached hydrogens (tertiary/aromatic N) is 5. The van der Waals surface area contributed by atoms with Crippen LogP contribution in [0, 0.1) is 10.8 Å². The number of aromatic nitrogens is 1. The van der Waals surface area contributed by atoms with Crippen LogP contribution in [0.2, 0.25) is 0 Å². The van der Waals surface area contributed by atoms with Gasteiger partial charge in [0.25, 0.3) is 22.7 Å². The normalized spacial score (nSPS) is 20.9. The van der Waals surface area contributed by atoms with E-state index in [9.17, 15) is 22.9 Å². The zero-order valence-electron chi connectivity index (χ0n) is 36.9. The maximum absolute atomic E-state index is 14.1. The minimum absolute atomic E-state index is 0.0184. The summed E-state index contributed by atoms with van der Waals surface area (Å²) in [6.07, 6.45) is 10.8. The maximum atomic E-state index is 14.1. The third kappa shape index (κ3) is 9.81. The summed E-state index contributed by atoms with van der Waals surface area (Å²) in [4.78, 5) is 48.7. The number of H-pyrrole nitrogens is 1. The zero-order chi connectivity index (χ0) is 45.8. The molecule has 9 rings (SSSR count). The van der Waals surface area contributed by atoms with Gasteiger partial charge in [-0.25, -0.2) is 22.9 Å². The molecular weight excluding hydrogens is 881 g/mol. The fourth-order valence-corrected chi connectivity index (χ4v) is 10.9. The van der Waals surface area contributed by atoms with Crippen molar-refractivity contribution in [1.29, 1.82) is 0 Å². The highest BCUT2D eigenvalue weighted by Gasteiger charge is 2.46. The van der Waals surface area contributed by atoms with Gasteiger partial charge >= 0.3 is 11.4 Å². The van der Waals surface area contributed by atoms with E-state index in [0.717, 1.165) is 29.3 Å². The molecule has 4 aliphatic heterocycles.